The van der Waals surface area contributed by atoms with Crippen molar-refractivity contribution < 1.29 is 19.4 Å². The second-order valence-electron chi connectivity index (χ2n) is 3.43. The first-order chi connectivity index (χ1) is 7.68. The average Bonchev–Trinajstić information content (AvgIpc) is 2.62. The second-order valence-corrected chi connectivity index (χ2v) is 3.43. The van der Waals surface area contributed by atoms with E-state index in [2.05, 4.69) is 4.98 Å². The van der Waals surface area contributed by atoms with Crippen LogP contribution in [0.15, 0.2) is 24.5 Å². The SMILES string of the molecule is O=C1OCN(C(=O)O)C1Cc1cccnc1. The zero-order valence-electron chi connectivity index (χ0n) is 8.37. The third kappa shape index (κ3) is 1.95. The van der Waals surface area contributed by atoms with Crippen molar-refractivity contribution in [2.75, 3.05) is 6.73 Å². The Balaban J connectivity index is 2.13. The molecular weight excluding hydrogens is 212 g/mol. The van der Waals surface area contributed by atoms with Crippen LogP contribution in [0, 0.1) is 0 Å². The van der Waals surface area contributed by atoms with Crippen LogP contribution in [-0.4, -0.2) is 39.8 Å². The zero-order chi connectivity index (χ0) is 11.5. The van der Waals surface area contributed by atoms with E-state index in [1.165, 1.54) is 0 Å². The minimum Gasteiger partial charge on any atom is -0.465 e. The fourth-order valence-corrected chi connectivity index (χ4v) is 1.57. The van der Waals surface area contributed by atoms with Crippen molar-refractivity contribution in [1.29, 1.82) is 0 Å². The molecule has 2 heterocycles. The van der Waals surface area contributed by atoms with E-state index < -0.39 is 18.1 Å². The Morgan fingerprint density at radius 3 is 3.12 bits per heavy atom. The Kier molecular flexibility index (Phi) is 2.72. The van der Waals surface area contributed by atoms with Gasteiger partial charge in [-0.3, -0.25) is 9.88 Å². The average molecular weight is 222 g/mol. The zero-order valence-corrected chi connectivity index (χ0v) is 8.37. The molecule has 0 spiro atoms. The molecule has 1 aliphatic rings. The van der Waals surface area contributed by atoms with Gasteiger partial charge < -0.3 is 9.84 Å². The Bertz CT molecular complexity index is 407. The number of amides is 1. The van der Waals surface area contributed by atoms with Crippen molar-refractivity contribution in [3.8, 4) is 0 Å². The van der Waals surface area contributed by atoms with Gasteiger partial charge in [0.25, 0.3) is 0 Å². The van der Waals surface area contributed by atoms with Gasteiger partial charge in [0.15, 0.2) is 6.73 Å². The first-order valence-corrected chi connectivity index (χ1v) is 4.73. The maximum Gasteiger partial charge on any atom is 0.410 e. The van der Waals surface area contributed by atoms with Gasteiger partial charge in [-0.25, -0.2) is 9.59 Å². The van der Waals surface area contributed by atoms with Gasteiger partial charge in [0.2, 0.25) is 0 Å². The van der Waals surface area contributed by atoms with E-state index in [4.69, 9.17) is 9.84 Å². The summed E-state index contributed by atoms with van der Waals surface area (Å²) in [5.41, 5.74) is 0.803. The smallest absolute Gasteiger partial charge is 0.410 e. The maximum atomic E-state index is 11.3. The van der Waals surface area contributed by atoms with Crippen molar-refractivity contribution in [1.82, 2.24) is 9.88 Å². The van der Waals surface area contributed by atoms with Crippen LogP contribution in [-0.2, 0) is 16.0 Å². The third-order valence-electron chi connectivity index (χ3n) is 2.39. The van der Waals surface area contributed by atoms with Gasteiger partial charge in [-0.2, -0.15) is 0 Å². The summed E-state index contributed by atoms with van der Waals surface area (Å²) in [4.78, 5) is 27.1. The van der Waals surface area contributed by atoms with E-state index in [-0.39, 0.29) is 6.73 Å². The van der Waals surface area contributed by atoms with Gasteiger partial charge >= 0.3 is 12.1 Å². The molecule has 1 atom stereocenters. The number of carbonyl (C=O) groups excluding carboxylic acids is 1. The van der Waals surface area contributed by atoms with Gasteiger partial charge in [0, 0.05) is 18.8 Å². The van der Waals surface area contributed by atoms with Crippen molar-refractivity contribution in [2.45, 2.75) is 12.5 Å². The number of ether oxygens (including phenoxy) is 1. The largest absolute Gasteiger partial charge is 0.465 e. The molecule has 1 unspecified atom stereocenters. The molecular formula is C10H10N2O4. The second kappa shape index (κ2) is 4.18. The van der Waals surface area contributed by atoms with Crippen LogP contribution in [0.25, 0.3) is 0 Å². The number of hydrogen-bond donors (Lipinski definition) is 1. The molecule has 16 heavy (non-hydrogen) atoms. The third-order valence-corrected chi connectivity index (χ3v) is 2.39. The van der Waals surface area contributed by atoms with Crippen LogP contribution in [0.4, 0.5) is 4.79 Å². The monoisotopic (exact) mass is 222 g/mol. The van der Waals surface area contributed by atoms with Gasteiger partial charge in [0.1, 0.15) is 6.04 Å². The Hall–Kier alpha value is -2.11. The molecule has 1 amide bonds. The molecule has 1 aliphatic heterocycles. The molecule has 1 fully saturated rings. The summed E-state index contributed by atoms with van der Waals surface area (Å²) in [6.07, 6.45) is 2.36. The standard InChI is InChI=1S/C10H10N2O4/c13-9-8(12(6-16-9)10(14)15)4-7-2-1-3-11-5-7/h1-3,5,8H,4,6H2,(H,14,15). The minimum atomic E-state index is -1.15. The Morgan fingerprint density at radius 1 is 1.69 bits per heavy atom. The van der Waals surface area contributed by atoms with Gasteiger partial charge in [-0.05, 0) is 11.6 Å². The molecule has 1 N–H and O–H groups in total. The van der Waals surface area contributed by atoms with Crippen molar-refractivity contribution in [3.05, 3.63) is 30.1 Å². The van der Waals surface area contributed by atoms with Crippen LogP contribution < -0.4 is 0 Å². The van der Waals surface area contributed by atoms with E-state index in [9.17, 15) is 9.59 Å². The van der Waals surface area contributed by atoms with E-state index in [0.29, 0.717) is 6.42 Å². The van der Waals surface area contributed by atoms with Gasteiger partial charge in [-0.15, -0.1) is 0 Å². The number of rotatable bonds is 2. The summed E-state index contributed by atoms with van der Waals surface area (Å²) in [5.74, 6) is -0.508. The molecule has 2 rings (SSSR count). The molecule has 0 radical (unpaired) electrons. The molecule has 0 bridgehead atoms. The summed E-state index contributed by atoms with van der Waals surface area (Å²) >= 11 is 0. The normalized spacial score (nSPS) is 19.6. The first kappa shape index (κ1) is 10.4. The summed E-state index contributed by atoms with van der Waals surface area (Å²) in [7, 11) is 0. The van der Waals surface area contributed by atoms with Gasteiger partial charge in [0.05, 0.1) is 0 Å². The topological polar surface area (TPSA) is 79.7 Å². The van der Waals surface area contributed by atoms with Crippen molar-refractivity contribution in [2.24, 2.45) is 0 Å². The lowest BCUT2D eigenvalue weighted by Crippen LogP contribution is -2.38. The lowest BCUT2D eigenvalue weighted by Gasteiger charge is -2.15. The Labute approximate surface area is 91.5 Å². The minimum absolute atomic E-state index is 0.195. The van der Waals surface area contributed by atoms with E-state index >= 15 is 0 Å². The predicted octanol–water partition coefficient (Wildman–Crippen LogP) is 0.487. The fourth-order valence-electron chi connectivity index (χ4n) is 1.57. The molecule has 0 aliphatic carbocycles. The number of carbonyl (C=O) groups is 2. The lowest BCUT2D eigenvalue weighted by atomic mass is 10.1. The van der Waals surface area contributed by atoms with Crippen LogP contribution >= 0.6 is 0 Å². The molecule has 6 heteroatoms. The van der Waals surface area contributed by atoms with E-state index in [0.717, 1.165) is 10.5 Å². The highest BCUT2D eigenvalue weighted by molar-refractivity contribution is 5.83. The van der Waals surface area contributed by atoms with Crippen LogP contribution in [0.1, 0.15) is 5.56 Å². The van der Waals surface area contributed by atoms with Crippen molar-refractivity contribution >= 4 is 12.1 Å². The fraction of sp³-hybridized carbons (Fsp3) is 0.300. The van der Waals surface area contributed by atoms with Crippen LogP contribution in [0.3, 0.4) is 0 Å². The summed E-state index contributed by atoms with van der Waals surface area (Å²) in [6, 6.07) is 2.76. The maximum absolute atomic E-state index is 11.3. The van der Waals surface area contributed by atoms with Crippen molar-refractivity contribution in [3.63, 3.8) is 0 Å². The highest BCUT2D eigenvalue weighted by Gasteiger charge is 2.37. The molecule has 0 aromatic carbocycles. The Morgan fingerprint density at radius 2 is 2.50 bits per heavy atom. The molecule has 6 nitrogen and oxygen atoms in total. The molecule has 1 saturated heterocycles. The molecule has 84 valence electrons. The van der Waals surface area contributed by atoms with Crippen LogP contribution in [0.5, 0.6) is 0 Å². The highest BCUT2D eigenvalue weighted by atomic mass is 16.6. The molecule has 0 saturated carbocycles. The number of pyridine rings is 1. The van der Waals surface area contributed by atoms with Gasteiger partial charge in [-0.1, -0.05) is 6.07 Å². The summed E-state index contributed by atoms with van der Waals surface area (Å²) in [6.45, 7) is -0.195. The molecule has 1 aromatic rings. The first-order valence-electron chi connectivity index (χ1n) is 4.73. The summed E-state index contributed by atoms with van der Waals surface area (Å²) in [5, 5.41) is 8.86. The number of nitrogens with zero attached hydrogens (tertiary/aromatic N) is 2. The van der Waals surface area contributed by atoms with E-state index in [1.807, 2.05) is 0 Å². The lowest BCUT2D eigenvalue weighted by molar-refractivity contribution is -0.139. The molecule has 1 aromatic heterocycles. The predicted molar refractivity (Wildman–Crippen MR) is 52.6 cm³/mol. The number of carboxylic acid groups (broad SMARTS) is 1. The van der Waals surface area contributed by atoms with E-state index in [1.54, 1.807) is 24.5 Å². The quantitative estimate of drug-likeness (QED) is 0.736. The number of aromatic nitrogens is 1. The number of hydrogen-bond acceptors (Lipinski definition) is 4. The highest BCUT2D eigenvalue weighted by Crippen LogP contribution is 2.16. The number of cyclic esters (lactones) is 1. The number of esters is 1. The summed E-state index contributed by atoms with van der Waals surface area (Å²) < 4.78 is 4.70. The van der Waals surface area contributed by atoms with Crippen LogP contribution in [0.2, 0.25) is 0 Å².